The van der Waals surface area contributed by atoms with Gasteiger partial charge in [-0.2, -0.15) is 0 Å². The van der Waals surface area contributed by atoms with Gasteiger partial charge in [-0.15, -0.1) is 0 Å². The first-order chi connectivity index (χ1) is 9.60. The molecule has 0 spiro atoms. The Bertz CT molecular complexity index is 518. The minimum atomic E-state index is -0.643. The van der Waals surface area contributed by atoms with Crippen LogP contribution >= 0.6 is 0 Å². The lowest BCUT2D eigenvalue weighted by Gasteiger charge is -2.31. The Morgan fingerprint density at radius 2 is 2.05 bits per heavy atom. The fourth-order valence-corrected chi connectivity index (χ4v) is 1.92. The van der Waals surface area contributed by atoms with Gasteiger partial charge in [-0.3, -0.25) is 15.0 Å². The largest absolute Gasteiger partial charge is 0.469 e. The Morgan fingerprint density at radius 3 is 2.70 bits per heavy atom. The van der Waals surface area contributed by atoms with Gasteiger partial charge in [0.2, 0.25) is 5.91 Å². The quantitative estimate of drug-likeness (QED) is 0.781. The zero-order valence-electron chi connectivity index (χ0n) is 11.0. The summed E-state index contributed by atoms with van der Waals surface area (Å²) in [6.45, 7) is 0.0804. The van der Waals surface area contributed by atoms with Crippen molar-refractivity contribution in [1.82, 2.24) is 10.4 Å². The molecule has 20 heavy (non-hydrogen) atoms. The van der Waals surface area contributed by atoms with E-state index in [1.54, 1.807) is 24.3 Å². The molecule has 2 N–H and O–H groups in total. The zero-order valence-corrected chi connectivity index (χ0v) is 11.0. The Hall–Kier alpha value is -2.57. The van der Waals surface area contributed by atoms with Gasteiger partial charge in [-0.25, -0.2) is 9.80 Å². The number of amides is 3. The van der Waals surface area contributed by atoms with Crippen molar-refractivity contribution in [1.29, 1.82) is 0 Å². The van der Waals surface area contributed by atoms with Crippen molar-refractivity contribution < 1.29 is 19.1 Å². The monoisotopic (exact) mass is 277 g/mol. The van der Waals surface area contributed by atoms with Crippen molar-refractivity contribution in [3.05, 3.63) is 30.3 Å². The van der Waals surface area contributed by atoms with Crippen LogP contribution in [0.3, 0.4) is 0 Å². The highest BCUT2D eigenvalue weighted by Crippen LogP contribution is 2.14. The third-order valence-electron chi connectivity index (χ3n) is 2.90. The number of nitrogens with one attached hydrogen (secondary N) is 2. The van der Waals surface area contributed by atoms with Crippen molar-refractivity contribution in [2.75, 3.05) is 19.0 Å². The molecule has 0 radical (unpaired) electrons. The second kappa shape index (κ2) is 6.05. The molecule has 0 aromatic heterocycles. The van der Waals surface area contributed by atoms with Gasteiger partial charge in [-0.05, 0) is 12.1 Å². The Balaban J connectivity index is 2.02. The van der Waals surface area contributed by atoms with Crippen LogP contribution in [0.15, 0.2) is 30.3 Å². The van der Waals surface area contributed by atoms with Crippen LogP contribution in [0.4, 0.5) is 10.5 Å². The molecule has 106 valence electrons. The van der Waals surface area contributed by atoms with Gasteiger partial charge in [0.25, 0.3) is 0 Å². The Labute approximate surface area is 115 Å². The lowest BCUT2D eigenvalue weighted by Crippen LogP contribution is -2.56. The first kappa shape index (κ1) is 13.9. The molecule has 1 unspecified atom stereocenters. The number of anilines is 1. The predicted octanol–water partition coefficient (Wildman–Crippen LogP) is 0.745. The van der Waals surface area contributed by atoms with Gasteiger partial charge in [0, 0.05) is 12.1 Å². The van der Waals surface area contributed by atoms with Crippen molar-refractivity contribution in [2.45, 2.75) is 6.42 Å². The number of methoxy groups -OCH3 is 1. The smallest absolute Gasteiger partial charge is 0.340 e. The third kappa shape index (κ3) is 3.25. The van der Waals surface area contributed by atoms with E-state index in [0.29, 0.717) is 5.69 Å². The molecule has 7 heteroatoms. The van der Waals surface area contributed by atoms with Crippen LogP contribution in [-0.4, -0.2) is 36.6 Å². The number of nitrogens with zero attached hydrogens (tertiary/aromatic N) is 1. The number of benzene rings is 1. The summed E-state index contributed by atoms with van der Waals surface area (Å²) in [4.78, 5) is 35.0. The molecule has 0 bridgehead atoms. The van der Waals surface area contributed by atoms with E-state index in [1.165, 1.54) is 7.11 Å². The average molecular weight is 277 g/mol. The fraction of sp³-hybridized carbons (Fsp3) is 0.308. The molecule has 1 atom stereocenters. The topological polar surface area (TPSA) is 87.7 Å². The average Bonchev–Trinajstić information content (AvgIpc) is 2.46. The molecule has 1 aromatic carbocycles. The van der Waals surface area contributed by atoms with Crippen LogP contribution < -0.4 is 10.7 Å². The van der Waals surface area contributed by atoms with Gasteiger partial charge in [0.1, 0.15) is 0 Å². The van der Waals surface area contributed by atoms with E-state index in [9.17, 15) is 14.4 Å². The zero-order chi connectivity index (χ0) is 14.5. The number of urea groups is 1. The highest BCUT2D eigenvalue weighted by atomic mass is 16.5. The fourth-order valence-electron chi connectivity index (χ4n) is 1.92. The number of esters is 1. The molecule has 1 saturated heterocycles. The first-order valence-electron chi connectivity index (χ1n) is 6.11. The van der Waals surface area contributed by atoms with Gasteiger partial charge in [-0.1, -0.05) is 18.2 Å². The molecule has 1 heterocycles. The van der Waals surface area contributed by atoms with E-state index < -0.39 is 23.8 Å². The van der Waals surface area contributed by atoms with Gasteiger partial charge < -0.3 is 10.1 Å². The van der Waals surface area contributed by atoms with Crippen LogP contribution in [0.1, 0.15) is 6.42 Å². The van der Waals surface area contributed by atoms with Crippen molar-refractivity contribution in [3.8, 4) is 0 Å². The molecular formula is C13H15N3O4. The summed E-state index contributed by atoms with van der Waals surface area (Å²) < 4.78 is 4.61. The number of carbonyl (C=O) groups is 3. The molecule has 2 rings (SSSR count). The van der Waals surface area contributed by atoms with Crippen molar-refractivity contribution in [3.63, 3.8) is 0 Å². The standard InChI is InChI=1S/C13H15N3O4/c1-20-12(18)9-7-11(17)15-16(8-9)13(19)14-10-5-3-2-4-6-10/h2-6,9H,7-8H2,1H3,(H,14,19)(H,15,17). The van der Waals surface area contributed by atoms with Crippen molar-refractivity contribution >= 4 is 23.6 Å². The number of hydrogen-bond donors (Lipinski definition) is 2. The Morgan fingerprint density at radius 1 is 1.35 bits per heavy atom. The van der Waals surface area contributed by atoms with Gasteiger partial charge >= 0.3 is 12.0 Å². The maximum atomic E-state index is 12.0. The lowest BCUT2D eigenvalue weighted by atomic mass is 10.0. The minimum absolute atomic E-state index is 0.0157. The number of ether oxygens (including phenoxy) is 1. The first-order valence-corrected chi connectivity index (χ1v) is 6.11. The molecule has 3 amide bonds. The van der Waals surface area contributed by atoms with E-state index in [0.717, 1.165) is 5.01 Å². The SMILES string of the molecule is COC(=O)C1CC(=O)NN(C(=O)Nc2ccccc2)C1. The summed E-state index contributed by atoms with van der Waals surface area (Å²) in [6, 6.07) is 8.33. The van der Waals surface area contributed by atoms with Crippen molar-refractivity contribution in [2.24, 2.45) is 5.92 Å². The number of hydrazine groups is 1. The van der Waals surface area contributed by atoms with Gasteiger partial charge in [0.15, 0.2) is 0 Å². The molecule has 1 aliphatic heterocycles. The highest BCUT2D eigenvalue weighted by Gasteiger charge is 2.33. The van der Waals surface area contributed by atoms with E-state index >= 15 is 0 Å². The number of rotatable bonds is 2. The van der Waals surface area contributed by atoms with Gasteiger partial charge in [0.05, 0.1) is 19.6 Å². The second-order valence-corrected chi connectivity index (χ2v) is 4.37. The van der Waals surface area contributed by atoms with E-state index in [4.69, 9.17) is 0 Å². The summed E-state index contributed by atoms with van der Waals surface area (Å²) in [5.41, 5.74) is 3.02. The summed E-state index contributed by atoms with van der Waals surface area (Å²) >= 11 is 0. The highest BCUT2D eigenvalue weighted by molar-refractivity contribution is 5.93. The molecule has 1 aromatic rings. The summed E-state index contributed by atoms with van der Waals surface area (Å²) in [5.74, 6) is -1.54. The molecule has 1 fully saturated rings. The normalized spacial score (nSPS) is 18.1. The number of hydrogen-bond acceptors (Lipinski definition) is 4. The number of para-hydroxylation sites is 1. The maximum Gasteiger partial charge on any atom is 0.340 e. The molecule has 1 aliphatic rings. The van der Waals surface area contributed by atoms with E-state index in [1.807, 2.05) is 6.07 Å². The molecular weight excluding hydrogens is 262 g/mol. The second-order valence-electron chi connectivity index (χ2n) is 4.37. The molecule has 0 saturated carbocycles. The molecule has 0 aliphatic carbocycles. The summed E-state index contributed by atoms with van der Waals surface area (Å²) in [7, 11) is 1.25. The number of carbonyl (C=O) groups excluding carboxylic acids is 3. The predicted molar refractivity (Wildman–Crippen MR) is 70.4 cm³/mol. The maximum absolute atomic E-state index is 12.0. The minimum Gasteiger partial charge on any atom is -0.469 e. The molecule has 7 nitrogen and oxygen atoms in total. The van der Waals surface area contributed by atoms with E-state index in [2.05, 4.69) is 15.5 Å². The third-order valence-corrected chi connectivity index (χ3v) is 2.90. The van der Waals surface area contributed by atoms with E-state index in [-0.39, 0.29) is 13.0 Å². The van der Waals surface area contributed by atoms with Crippen LogP contribution in [0, 0.1) is 5.92 Å². The van der Waals surface area contributed by atoms with Crippen LogP contribution in [0.25, 0.3) is 0 Å². The van der Waals surface area contributed by atoms with Crippen LogP contribution in [0.5, 0.6) is 0 Å². The summed E-state index contributed by atoms with van der Waals surface area (Å²) in [6.07, 6.45) is 0.0157. The Kier molecular flexibility index (Phi) is 4.19. The van der Waals surface area contributed by atoms with Crippen LogP contribution in [-0.2, 0) is 14.3 Å². The lowest BCUT2D eigenvalue weighted by molar-refractivity contribution is -0.151. The summed E-state index contributed by atoms with van der Waals surface area (Å²) in [5, 5.41) is 3.71. The van der Waals surface area contributed by atoms with Crippen LogP contribution in [0.2, 0.25) is 0 Å².